The molecule has 0 radical (unpaired) electrons. The van der Waals surface area contributed by atoms with Crippen molar-refractivity contribution in [2.75, 3.05) is 7.11 Å². The number of allylic oxidation sites excluding steroid dienone is 1. The standard InChI is InChI=1S/C22H25NO2/c1-21(2)17-12-8-6-10-15(17)18(23-22(21,3)4)14-19(24)16-11-7-9-13-20(16)25-5/h6-14,23H,1-5H3. The van der Waals surface area contributed by atoms with Gasteiger partial charge in [0.25, 0.3) is 0 Å². The predicted molar refractivity (Wildman–Crippen MR) is 102 cm³/mol. The Morgan fingerprint density at radius 1 is 1.00 bits per heavy atom. The number of ether oxygens (including phenoxy) is 1. The van der Waals surface area contributed by atoms with Gasteiger partial charge < -0.3 is 10.1 Å². The van der Waals surface area contributed by atoms with Crippen molar-refractivity contribution in [2.45, 2.75) is 38.6 Å². The van der Waals surface area contributed by atoms with Crippen molar-refractivity contribution in [3.8, 4) is 5.75 Å². The molecule has 1 heterocycles. The fourth-order valence-corrected chi connectivity index (χ4v) is 3.33. The molecule has 0 fully saturated rings. The summed E-state index contributed by atoms with van der Waals surface area (Å²) in [5, 5.41) is 3.58. The predicted octanol–water partition coefficient (Wildman–Crippen LogP) is 4.58. The van der Waals surface area contributed by atoms with Gasteiger partial charge in [0.15, 0.2) is 5.78 Å². The number of fused-ring (bicyclic) bond motifs is 1. The van der Waals surface area contributed by atoms with Gasteiger partial charge in [-0.3, -0.25) is 4.79 Å². The zero-order chi connectivity index (χ0) is 18.2. The molecule has 1 aliphatic heterocycles. The van der Waals surface area contributed by atoms with Gasteiger partial charge in [0.1, 0.15) is 5.75 Å². The third kappa shape index (κ3) is 2.84. The SMILES string of the molecule is COc1ccccc1C(=O)C=C1NC(C)(C)C(C)(C)c2ccccc21. The van der Waals surface area contributed by atoms with Crippen LogP contribution in [0, 0.1) is 0 Å². The number of hydrogen-bond donors (Lipinski definition) is 1. The van der Waals surface area contributed by atoms with E-state index in [-0.39, 0.29) is 16.7 Å². The fraction of sp³-hybridized carbons (Fsp3) is 0.318. The number of benzene rings is 2. The van der Waals surface area contributed by atoms with Crippen LogP contribution in [0.4, 0.5) is 0 Å². The number of ketones is 1. The van der Waals surface area contributed by atoms with E-state index in [0.29, 0.717) is 11.3 Å². The lowest BCUT2D eigenvalue weighted by molar-refractivity contribution is 0.104. The summed E-state index contributed by atoms with van der Waals surface area (Å²) in [4.78, 5) is 12.9. The molecule has 0 atom stereocenters. The molecule has 1 N–H and O–H groups in total. The van der Waals surface area contributed by atoms with Gasteiger partial charge in [0, 0.05) is 28.3 Å². The Morgan fingerprint density at radius 2 is 1.64 bits per heavy atom. The lowest BCUT2D eigenvalue weighted by atomic mass is 9.65. The van der Waals surface area contributed by atoms with E-state index in [9.17, 15) is 4.79 Å². The molecule has 0 saturated carbocycles. The molecule has 2 aromatic carbocycles. The van der Waals surface area contributed by atoms with Crippen LogP contribution in [0.2, 0.25) is 0 Å². The van der Waals surface area contributed by atoms with E-state index < -0.39 is 0 Å². The molecule has 0 amide bonds. The van der Waals surface area contributed by atoms with Crippen LogP contribution in [-0.2, 0) is 5.41 Å². The summed E-state index contributed by atoms with van der Waals surface area (Å²) in [6.07, 6.45) is 1.69. The van der Waals surface area contributed by atoms with Crippen molar-refractivity contribution >= 4 is 11.5 Å². The molecule has 2 aromatic rings. The molecule has 0 saturated heterocycles. The van der Waals surface area contributed by atoms with Crippen LogP contribution in [0.5, 0.6) is 5.75 Å². The van der Waals surface area contributed by atoms with Gasteiger partial charge in [-0.2, -0.15) is 0 Å². The van der Waals surface area contributed by atoms with Crippen molar-refractivity contribution < 1.29 is 9.53 Å². The van der Waals surface area contributed by atoms with Crippen molar-refractivity contribution in [1.82, 2.24) is 5.32 Å². The summed E-state index contributed by atoms with van der Waals surface area (Å²) in [6.45, 7) is 8.81. The summed E-state index contributed by atoms with van der Waals surface area (Å²) in [6, 6.07) is 15.6. The number of hydrogen-bond acceptors (Lipinski definition) is 3. The molecule has 0 aliphatic carbocycles. The number of rotatable bonds is 3. The van der Waals surface area contributed by atoms with E-state index in [1.165, 1.54) is 5.56 Å². The summed E-state index contributed by atoms with van der Waals surface area (Å²) in [7, 11) is 1.58. The Morgan fingerprint density at radius 3 is 2.36 bits per heavy atom. The minimum atomic E-state index is -0.186. The van der Waals surface area contributed by atoms with Crippen LogP contribution in [-0.4, -0.2) is 18.4 Å². The minimum absolute atomic E-state index is 0.0611. The van der Waals surface area contributed by atoms with Crippen LogP contribution in [0.25, 0.3) is 5.70 Å². The summed E-state index contributed by atoms with van der Waals surface area (Å²) >= 11 is 0. The van der Waals surface area contributed by atoms with Gasteiger partial charge in [-0.15, -0.1) is 0 Å². The highest BCUT2D eigenvalue weighted by molar-refractivity contribution is 6.10. The molecule has 1 aliphatic rings. The highest BCUT2D eigenvalue weighted by Gasteiger charge is 2.44. The summed E-state index contributed by atoms with van der Waals surface area (Å²) < 4.78 is 5.33. The van der Waals surface area contributed by atoms with Gasteiger partial charge in [-0.05, 0) is 31.5 Å². The molecule has 3 heteroatoms. The Bertz CT molecular complexity index is 847. The summed E-state index contributed by atoms with van der Waals surface area (Å²) in [5.41, 5.74) is 3.51. The highest BCUT2D eigenvalue weighted by Crippen LogP contribution is 2.43. The van der Waals surface area contributed by atoms with E-state index in [4.69, 9.17) is 4.74 Å². The number of nitrogens with one attached hydrogen (secondary N) is 1. The van der Waals surface area contributed by atoms with Gasteiger partial charge in [0.2, 0.25) is 0 Å². The largest absolute Gasteiger partial charge is 0.496 e. The maximum absolute atomic E-state index is 12.9. The van der Waals surface area contributed by atoms with Crippen LogP contribution in [0.3, 0.4) is 0 Å². The molecule has 3 rings (SSSR count). The van der Waals surface area contributed by atoms with Crippen LogP contribution in [0.15, 0.2) is 54.6 Å². The Kier molecular flexibility index (Phi) is 4.19. The van der Waals surface area contributed by atoms with Gasteiger partial charge in [-0.25, -0.2) is 0 Å². The lowest BCUT2D eigenvalue weighted by Gasteiger charge is -2.49. The molecular weight excluding hydrogens is 310 g/mol. The van der Waals surface area contributed by atoms with E-state index in [1.807, 2.05) is 18.2 Å². The lowest BCUT2D eigenvalue weighted by Crippen LogP contribution is -2.56. The van der Waals surface area contributed by atoms with Crippen LogP contribution >= 0.6 is 0 Å². The van der Waals surface area contributed by atoms with Crippen molar-refractivity contribution in [3.63, 3.8) is 0 Å². The van der Waals surface area contributed by atoms with Gasteiger partial charge in [0.05, 0.1) is 12.7 Å². The normalized spacial score (nSPS) is 19.0. The number of carbonyl (C=O) groups is 1. The molecular formula is C22H25NO2. The number of carbonyl (C=O) groups excluding carboxylic acids is 1. The topological polar surface area (TPSA) is 38.3 Å². The third-order valence-corrected chi connectivity index (χ3v) is 5.55. The zero-order valence-electron chi connectivity index (χ0n) is 15.5. The second-order valence-electron chi connectivity index (χ2n) is 7.54. The van der Waals surface area contributed by atoms with Gasteiger partial charge >= 0.3 is 0 Å². The molecule has 130 valence electrons. The van der Waals surface area contributed by atoms with E-state index >= 15 is 0 Å². The molecule has 0 spiro atoms. The van der Waals surface area contributed by atoms with E-state index in [0.717, 1.165) is 11.3 Å². The third-order valence-electron chi connectivity index (χ3n) is 5.55. The first-order valence-corrected chi connectivity index (χ1v) is 8.55. The highest BCUT2D eigenvalue weighted by atomic mass is 16.5. The average Bonchev–Trinajstić information content (AvgIpc) is 2.59. The Hall–Kier alpha value is -2.55. The second kappa shape index (κ2) is 6.07. The van der Waals surface area contributed by atoms with Crippen LogP contribution in [0.1, 0.15) is 49.2 Å². The molecule has 3 nitrogen and oxygen atoms in total. The van der Waals surface area contributed by atoms with Crippen molar-refractivity contribution in [2.24, 2.45) is 0 Å². The Balaban J connectivity index is 2.11. The second-order valence-corrected chi connectivity index (χ2v) is 7.54. The first kappa shape index (κ1) is 17.3. The monoisotopic (exact) mass is 335 g/mol. The maximum atomic E-state index is 12.9. The quantitative estimate of drug-likeness (QED) is 0.659. The summed E-state index contributed by atoms with van der Waals surface area (Å²) in [5.74, 6) is 0.526. The first-order valence-electron chi connectivity index (χ1n) is 8.55. The zero-order valence-corrected chi connectivity index (χ0v) is 15.5. The molecule has 25 heavy (non-hydrogen) atoms. The van der Waals surface area contributed by atoms with E-state index in [1.54, 1.807) is 25.3 Å². The Labute approximate surface area is 149 Å². The van der Waals surface area contributed by atoms with Crippen molar-refractivity contribution in [1.29, 1.82) is 0 Å². The molecule has 0 aromatic heterocycles. The van der Waals surface area contributed by atoms with Crippen LogP contribution < -0.4 is 10.1 Å². The van der Waals surface area contributed by atoms with Crippen molar-refractivity contribution in [3.05, 3.63) is 71.3 Å². The average molecular weight is 335 g/mol. The molecule has 0 unspecified atom stereocenters. The smallest absolute Gasteiger partial charge is 0.191 e. The minimum Gasteiger partial charge on any atom is -0.496 e. The number of para-hydroxylation sites is 1. The number of methoxy groups -OCH3 is 1. The maximum Gasteiger partial charge on any atom is 0.191 e. The first-order chi connectivity index (χ1) is 11.8. The van der Waals surface area contributed by atoms with Gasteiger partial charge in [-0.1, -0.05) is 50.2 Å². The van der Waals surface area contributed by atoms with E-state index in [2.05, 4.69) is 51.2 Å². The fourth-order valence-electron chi connectivity index (χ4n) is 3.33. The molecule has 0 bridgehead atoms.